The summed E-state index contributed by atoms with van der Waals surface area (Å²) in [5.74, 6) is 2.58. The molecule has 0 bridgehead atoms. The van der Waals surface area contributed by atoms with Crippen LogP contribution in [0.1, 0.15) is 34.2 Å². The lowest BCUT2D eigenvalue weighted by Crippen LogP contribution is -2.43. The second-order valence-electron chi connectivity index (χ2n) is 8.43. The number of amides is 1. The van der Waals surface area contributed by atoms with Crippen LogP contribution in [0.3, 0.4) is 0 Å². The summed E-state index contributed by atoms with van der Waals surface area (Å²) in [6.45, 7) is 7.33. The Kier molecular flexibility index (Phi) is 6.59. The Hall–Kier alpha value is -3.59. The van der Waals surface area contributed by atoms with Gasteiger partial charge in [0.15, 0.2) is 17.6 Å². The minimum Gasteiger partial charge on any atom is -0.486 e. The standard InChI is InChI=1S/C26H27N5O3S/c1-4-30(14-20-15-33-22-11-7-8-12-23(22)34-20)24(32)21-10-6-5-9-19(21)16-35-26-28-25-27-17(2)13-18(3)31(25)29-26/h5-13,20H,4,14-16H2,1-3H3. The van der Waals surface area contributed by atoms with Crippen molar-refractivity contribution in [2.45, 2.75) is 37.8 Å². The zero-order valence-electron chi connectivity index (χ0n) is 20.0. The number of carbonyl (C=O) groups excluding carboxylic acids is 1. The molecule has 0 spiro atoms. The highest BCUT2D eigenvalue weighted by Crippen LogP contribution is 2.31. The molecule has 0 saturated carbocycles. The molecule has 180 valence electrons. The van der Waals surface area contributed by atoms with Crippen LogP contribution in [-0.2, 0) is 5.75 Å². The van der Waals surface area contributed by atoms with E-state index in [4.69, 9.17) is 9.47 Å². The van der Waals surface area contributed by atoms with E-state index in [0.29, 0.717) is 47.7 Å². The molecule has 35 heavy (non-hydrogen) atoms. The van der Waals surface area contributed by atoms with Crippen molar-refractivity contribution in [1.29, 1.82) is 0 Å². The van der Waals surface area contributed by atoms with E-state index >= 15 is 0 Å². The van der Waals surface area contributed by atoms with E-state index in [2.05, 4.69) is 15.1 Å². The van der Waals surface area contributed by atoms with Gasteiger partial charge in [-0.25, -0.2) is 9.50 Å². The monoisotopic (exact) mass is 489 g/mol. The summed E-state index contributed by atoms with van der Waals surface area (Å²) in [4.78, 5) is 24.3. The van der Waals surface area contributed by atoms with Crippen molar-refractivity contribution in [3.05, 3.63) is 77.1 Å². The number of benzene rings is 2. The number of nitrogens with zero attached hydrogens (tertiary/aromatic N) is 5. The van der Waals surface area contributed by atoms with Crippen molar-refractivity contribution in [2.75, 3.05) is 19.7 Å². The summed E-state index contributed by atoms with van der Waals surface area (Å²) in [6.07, 6.45) is -0.225. The number of ether oxygens (including phenoxy) is 2. The molecule has 1 amide bonds. The Labute approximate surface area is 208 Å². The van der Waals surface area contributed by atoms with Crippen molar-refractivity contribution in [2.24, 2.45) is 0 Å². The third-order valence-electron chi connectivity index (χ3n) is 5.86. The Balaban J connectivity index is 1.29. The molecule has 2 aromatic heterocycles. The first-order valence-electron chi connectivity index (χ1n) is 11.6. The number of fused-ring (bicyclic) bond motifs is 2. The molecule has 1 aliphatic rings. The van der Waals surface area contributed by atoms with Crippen molar-refractivity contribution in [3.8, 4) is 11.5 Å². The molecule has 0 aliphatic carbocycles. The molecule has 0 radical (unpaired) electrons. The quantitative estimate of drug-likeness (QED) is 0.357. The van der Waals surface area contributed by atoms with Crippen LogP contribution >= 0.6 is 11.8 Å². The van der Waals surface area contributed by atoms with E-state index < -0.39 is 0 Å². The van der Waals surface area contributed by atoms with Gasteiger partial charge in [0.25, 0.3) is 11.7 Å². The van der Waals surface area contributed by atoms with Crippen LogP contribution in [0.25, 0.3) is 5.78 Å². The van der Waals surface area contributed by atoms with Crippen LogP contribution in [0.4, 0.5) is 0 Å². The molecular weight excluding hydrogens is 462 g/mol. The molecule has 0 saturated heterocycles. The Morgan fingerprint density at radius 2 is 1.89 bits per heavy atom. The molecule has 1 aliphatic heterocycles. The molecule has 4 aromatic rings. The van der Waals surface area contributed by atoms with Crippen molar-refractivity contribution >= 4 is 23.4 Å². The Bertz CT molecular complexity index is 1370. The largest absolute Gasteiger partial charge is 0.486 e. The number of aromatic nitrogens is 4. The van der Waals surface area contributed by atoms with Gasteiger partial charge in [0.1, 0.15) is 6.61 Å². The normalized spacial score (nSPS) is 14.8. The molecule has 0 N–H and O–H groups in total. The number of rotatable bonds is 7. The molecule has 9 heteroatoms. The van der Waals surface area contributed by atoms with E-state index in [1.54, 1.807) is 4.52 Å². The number of aryl methyl sites for hydroxylation is 2. The molecule has 0 fully saturated rings. The van der Waals surface area contributed by atoms with Gasteiger partial charge in [-0.15, -0.1) is 5.10 Å². The molecule has 5 rings (SSSR count). The first kappa shape index (κ1) is 23.2. The van der Waals surface area contributed by atoms with Crippen LogP contribution < -0.4 is 9.47 Å². The minimum atomic E-state index is -0.225. The van der Waals surface area contributed by atoms with Crippen LogP contribution in [-0.4, -0.2) is 56.2 Å². The fraction of sp³-hybridized carbons (Fsp3) is 0.308. The molecule has 1 atom stereocenters. The first-order chi connectivity index (χ1) is 17.0. The van der Waals surface area contributed by atoms with Gasteiger partial charge in [-0.2, -0.15) is 4.98 Å². The predicted octanol–water partition coefficient (Wildman–Crippen LogP) is 4.34. The third-order valence-corrected chi connectivity index (χ3v) is 6.75. The van der Waals surface area contributed by atoms with Gasteiger partial charge < -0.3 is 14.4 Å². The van der Waals surface area contributed by atoms with Gasteiger partial charge in [-0.3, -0.25) is 4.79 Å². The number of hydrogen-bond donors (Lipinski definition) is 0. The summed E-state index contributed by atoms with van der Waals surface area (Å²) < 4.78 is 13.7. The van der Waals surface area contributed by atoms with Crippen molar-refractivity contribution in [3.63, 3.8) is 0 Å². The van der Waals surface area contributed by atoms with Crippen LogP contribution in [0.2, 0.25) is 0 Å². The fourth-order valence-electron chi connectivity index (χ4n) is 4.13. The first-order valence-corrected chi connectivity index (χ1v) is 12.6. The highest BCUT2D eigenvalue weighted by Gasteiger charge is 2.26. The molecule has 1 unspecified atom stereocenters. The number of thioether (sulfide) groups is 1. The summed E-state index contributed by atoms with van der Waals surface area (Å²) in [5.41, 5.74) is 3.50. The lowest BCUT2D eigenvalue weighted by molar-refractivity contribution is 0.0474. The lowest BCUT2D eigenvalue weighted by Gasteiger charge is -2.31. The third kappa shape index (κ3) is 4.95. The Morgan fingerprint density at radius 1 is 1.11 bits per heavy atom. The second kappa shape index (κ2) is 9.95. The van der Waals surface area contributed by atoms with Gasteiger partial charge in [0.2, 0.25) is 5.16 Å². The van der Waals surface area contributed by atoms with E-state index in [1.807, 2.05) is 80.3 Å². The smallest absolute Gasteiger partial charge is 0.254 e. The van der Waals surface area contributed by atoms with Crippen molar-refractivity contribution in [1.82, 2.24) is 24.5 Å². The average Bonchev–Trinajstić information content (AvgIpc) is 3.29. The number of likely N-dealkylation sites (N-methyl/N-ethyl adjacent to an activating group) is 1. The molecule has 2 aromatic carbocycles. The predicted molar refractivity (Wildman–Crippen MR) is 134 cm³/mol. The van der Waals surface area contributed by atoms with E-state index in [1.165, 1.54) is 11.8 Å². The highest BCUT2D eigenvalue weighted by atomic mass is 32.2. The van der Waals surface area contributed by atoms with Gasteiger partial charge >= 0.3 is 0 Å². The highest BCUT2D eigenvalue weighted by molar-refractivity contribution is 7.98. The minimum absolute atomic E-state index is 0.0257. The lowest BCUT2D eigenvalue weighted by atomic mass is 10.1. The van der Waals surface area contributed by atoms with Crippen LogP contribution in [0, 0.1) is 13.8 Å². The van der Waals surface area contributed by atoms with Gasteiger partial charge in [-0.05, 0) is 50.6 Å². The number of carbonyl (C=O) groups is 1. The van der Waals surface area contributed by atoms with Crippen LogP contribution in [0.15, 0.2) is 59.8 Å². The van der Waals surface area contributed by atoms with Crippen LogP contribution in [0.5, 0.6) is 11.5 Å². The summed E-state index contributed by atoms with van der Waals surface area (Å²) >= 11 is 1.49. The molecule has 8 nitrogen and oxygen atoms in total. The fourth-order valence-corrected chi connectivity index (χ4v) is 4.95. The maximum atomic E-state index is 13.5. The zero-order chi connectivity index (χ0) is 24.4. The molecule has 3 heterocycles. The maximum absolute atomic E-state index is 13.5. The maximum Gasteiger partial charge on any atom is 0.254 e. The average molecular weight is 490 g/mol. The van der Waals surface area contributed by atoms with E-state index in [-0.39, 0.29) is 12.0 Å². The zero-order valence-corrected chi connectivity index (χ0v) is 20.8. The summed E-state index contributed by atoms with van der Waals surface area (Å²) in [7, 11) is 0. The van der Waals surface area contributed by atoms with Gasteiger partial charge in [0, 0.05) is 29.2 Å². The second-order valence-corrected chi connectivity index (χ2v) is 9.37. The topological polar surface area (TPSA) is 81.9 Å². The van der Waals surface area contributed by atoms with E-state index in [9.17, 15) is 4.79 Å². The SMILES string of the molecule is CCN(CC1COc2ccccc2O1)C(=O)c1ccccc1CSc1nc2nc(C)cc(C)n2n1. The van der Waals surface area contributed by atoms with Crippen molar-refractivity contribution < 1.29 is 14.3 Å². The van der Waals surface area contributed by atoms with Gasteiger partial charge in [-0.1, -0.05) is 42.1 Å². The summed E-state index contributed by atoms with van der Waals surface area (Å²) in [5, 5.41) is 5.20. The number of hydrogen-bond acceptors (Lipinski definition) is 7. The van der Waals surface area contributed by atoms with E-state index in [0.717, 1.165) is 22.7 Å². The molecular formula is C26H27N5O3S. The Morgan fingerprint density at radius 3 is 2.71 bits per heavy atom. The van der Waals surface area contributed by atoms with Gasteiger partial charge in [0.05, 0.1) is 6.54 Å². The summed E-state index contributed by atoms with van der Waals surface area (Å²) in [6, 6.07) is 17.3. The number of para-hydroxylation sites is 2.